The van der Waals surface area contributed by atoms with E-state index >= 15 is 0 Å². The first kappa shape index (κ1) is 20.2. The first-order chi connectivity index (χ1) is 12.4. The molecule has 0 heterocycles. The number of benzene rings is 2. The molecule has 0 aliphatic rings. The minimum Gasteiger partial charge on any atom is -0.355 e. The van der Waals surface area contributed by atoms with Crippen molar-refractivity contribution < 1.29 is 8.42 Å². The molecule has 0 saturated heterocycles. The maximum absolute atomic E-state index is 12.2. The van der Waals surface area contributed by atoms with Crippen LogP contribution in [0.25, 0.3) is 0 Å². The number of aryl methyl sites for hydroxylation is 1. The van der Waals surface area contributed by atoms with E-state index in [9.17, 15) is 8.42 Å². The van der Waals surface area contributed by atoms with Gasteiger partial charge >= 0.3 is 0 Å². The number of rotatable bonds is 7. The van der Waals surface area contributed by atoms with Crippen LogP contribution < -0.4 is 15.4 Å². The number of hydrogen-bond donors (Lipinski definition) is 3. The van der Waals surface area contributed by atoms with Crippen molar-refractivity contribution >= 4 is 27.6 Å². The molecule has 2 aromatic carbocycles. The van der Waals surface area contributed by atoms with Gasteiger partial charge in [0, 0.05) is 31.7 Å². The van der Waals surface area contributed by atoms with Crippen molar-refractivity contribution in [2.45, 2.75) is 18.4 Å². The van der Waals surface area contributed by atoms with Crippen LogP contribution in [0.3, 0.4) is 0 Å². The second-order valence-corrected chi connectivity index (χ2v) is 7.89. The monoisotopic (exact) mass is 394 g/mol. The van der Waals surface area contributed by atoms with Crippen LogP contribution in [0, 0.1) is 6.92 Å². The molecule has 0 atom stereocenters. The van der Waals surface area contributed by atoms with Crippen LogP contribution in [0.4, 0.5) is 0 Å². The number of hydrogen-bond acceptors (Lipinski definition) is 3. The average Bonchev–Trinajstić information content (AvgIpc) is 2.63. The molecule has 0 spiro atoms. The molecule has 6 nitrogen and oxygen atoms in total. The van der Waals surface area contributed by atoms with Gasteiger partial charge in [0.15, 0.2) is 5.96 Å². The number of aliphatic imine (C=N–C) groups is 1. The number of nitrogens with one attached hydrogen (secondary N) is 3. The van der Waals surface area contributed by atoms with Crippen LogP contribution in [0.5, 0.6) is 0 Å². The van der Waals surface area contributed by atoms with E-state index in [-0.39, 0.29) is 11.4 Å². The van der Waals surface area contributed by atoms with E-state index in [1.54, 1.807) is 31.3 Å². The Kier molecular flexibility index (Phi) is 7.44. The summed E-state index contributed by atoms with van der Waals surface area (Å²) in [5.74, 6) is 0.592. The van der Waals surface area contributed by atoms with Crippen molar-refractivity contribution in [2.24, 2.45) is 4.99 Å². The number of halogens is 1. The fraction of sp³-hybridized carbons (Fsp3) is 0.278. The Labute approximate surface area is 159 Å². The van der Waals surface area contributed by atoms with Gasteiger partial charge in [0.25, 0.3) is 0 Å². The predicted molar refractivity (Wildman–Crippen MR) is 106 cm³/mol. The molecule has 2 aromatic rings. The molecule has 0 aromatic heterocycles. The lowest BCUT2D eigenvalue weighted by Crippen LogP contribution is -2.41. The summed E-state index contributed by atoms with van der Waals surface area (Å²) in [4.78, 5) is 4.37. The predicted octanol–water partition coefficient (Wildman–Crippen LogP) is 2.29. The zero-order valence-electron chi connectivity index (χ0n) is 14.8. The maximum atomic E-state index is 12.2. The number of nitrogens with zero attached hydrogens (tertiary/aromatic N) is 1. The Hall–Kier alpha value is -2.09. The number of sulfonamides is 1. The van der Waals surface area contributed by atoms with E-state index in [4.69, 9.17) is 11.6 Å². The third kappa shape index (κ3) is 6.33. The Morgan fingerprint density at radius 2 is 1.65 bits per heavy atom. The van der Waals surface area contributed by atoms with E-state index in [0.29, 0.717) is 24.1 Å². The molecular formula is C18H23ClN4O2S. The van der Waals surface area contributed by atoms with Crippen LogP contribution in [-0.4, -0.2) is 34.5 Å². The molecule has 0 bridgehead atoms. The molecule has 3 N–H and O–H groups in total. The lowest BCUT2D eigenvalue weighted by Gasteiger charge is -2.13. The number of guanidine groups is 1. The molecule has 140 valence electrons. The lowest BCUT2D eigenvalue weighted by atomic mass is 10.2. The van der Waals surface area contributed by atoms with Crippen LogP contribution in [-0.2, 0) is 16.6 Å². The van der Waals surface area contributed by atoms with E-state index in [0.717, 1.165) is 11.1 Å². The molecule has 0 fully saturated rings. The van der Waals surface area contributed by atoms with Crippen molar-refractivity contribution in [1.82, 2.24) is 15.4 Å². The Morgan fingerprint density at radius 3 is 2.27 bits per heavy atom. The topological polar surface area (TPSA) is 82.6 Å². The van der Waals surface area contributed by atoms with Gasteiger partial charge in [0.05, 0.1) is 4.90 Å². The van der Waals surface area contributed by atoms with E-state index in [1.165, 1.54) is 0 Å². The highest BCUT2D eigenvalue weighted by Gasteiger charge is 2.12. The molecule has 26 heavy (non-hydrogen) atoms. The zero-order valence-corrected chi connectivity index (χ0v) is 16.4. The minimum absolute atomic E-state index is 0.248. The van der Waals surface area contributed by atoms with Crippen LogP contribution in [0.2, 0.25) is 5.02 Å². The molecule has 0 saturated carbocycles. The van der Waals surface area contributed by atoms with Gasteiger partial charge in [-0.25, -0.2) is 13.1 Å². The fourth-order valence-electron chi connectivity index (χ4n) is 2.18. The van der Waals surface area contributed by atoms with Crippen molar-refractivity contribution in [1.29, 1.82) is 0 Å². The van der Waals surface area contributed by atoms with Crippen LogP contribution in [0.1, 0.15) is 11.1 Å². The molecule has 0 radical (unpaired) electrons. The van der Waals surface area contributed by atoms with E-state index < -0.39 is 10.0 Å². The summed E-state index contributed by atoms with van der Waals surface area (Å²) in [5.41, 5.74) is 2.08. The smallest absolute Gasteiger partial charge is 0.240 e. The molecular weight excluding hydrogens is 372 g/mol. The SMILES string of the molecule is CN=C(NCCNS(=O)(=O)c1ccc(C)cc1)NCc1ccc(Cl)cc1. The van der Waals surface area contributed by atoms with Gasteiger partial charge in [-0.1, -0.05) is 41.4 Å². The van der Waals surface area contributed by atoms with Gasteiger partial charge in [-0.05, 0) is 36.8 Å². The standard InChI is InChI=1S/C18H23ClN4O2S/c1-14-3-9-17(10-4-14)26(24,25)23-12-11-21-18(20-2)22-13-15-5-7-16(19)8-6-15/h3-10,23H,11-13H2,1-2H3,(H2,20,21,22). The summed E-state index contributed by atoms with van der Waals surface area (Å²) in [5, 5.41) is 6.92. The van der Waals surface area contributed by atoms with E-state index in [2.05, 4.69) is 20.3 Å². The molecule has 2 rings (SSSR count). The van der Waals surface area contributed by atoms with Gasteiger partial charge < -0.3 is 10.6 Å². The summed E-state index contributed by atoms with van der Waals surface area (Å²) in [7, 11) is -1.84. The largest absolute Gasteiger partial charge is 0.355 e. The van der Waals surface area contributed by atoms with Crippen LogP contribution >= 0.6 is 11.6 Å². The van der Waals surface area contributed by atoms with Crippen molar-refractivity contribution in [3.63, 3.8) is 0 Å². The Balaban J connectivity index is 1.76. The third-order valence-corrected chi connectivity index (χ3v) is 5.37. The first-order valence-electron chi connectivity index (χ1n) is 8.16. The molecule has 8 heteroatoms. The van der Waals surface area contributed by atoms with Gasteiger partial charge in [0.2, 0.25) is 10.0 Å². The van der Waals surface area contributed by atoms with Gasteiger partial charge in [-0.2, -0.15) is 0 Å². The molecule has 0 aliphatic heterocycles. The second kappa shape index (κ2) is 9.56. The van der Waals surface area contributed by atoms with E-state index in [1.807, 2.05) is 31.2 Å². The minimum atomic E-state index is -3.50. The highest BCUT2D eigenvalue weighted by atomic mass is 35.5. The fourth-order valence-corrected chi connectivity index (χ4v) is 3.33. The molecule has 0 aliphatic carbocycles. The first-order valence-corrected chi connectivity index (χ1v) is 10.0. The van der Waals surface area contributed by atoms with Crippen LogP contribution in [0.15, 0.2) is 58.4 Å². The summed E-state index contributed by atoms with van der Waals surface area (Å²) < 4.78 is 27.0. The highest BCUT2D eigenvalue weighted by Crippen LogP contribution is 2.10. The highest BCUT2D eigenvalue weighted by molar-refractivity contribution is 7.89. The van der Waals surface area contributed by atoms with Gasteiger partial charge in [0.1, 0.15) is 0 Å². The summed E-state index contributed by atoms with van der Waals surface area (Å²) in [6.07, 6.45) is 0. The van der Waals surface area contributed by atoms with Gasteiger partial charge in [-0.15, -0.1) is 0 Å². The quantitative estimate of drug-likeness (QED) is 0.382. The molecule has 0 unspecified atom stereocenters. The lowest BCUT2D eigenvalue weighted by molar-refractivity contribution is 0.580. The summed E-state index contributed by atoms with van der Waals surface area (Å²) in [6.45, 7) is 3.16. The van der Waals surface area contributed by atoms with Crippen molar-refractivity contribution in [3.05, 3.63) is 64.7 Å². The third-order valence-electron chi connectivity index (χ3n) is 3.64. The zero-order chi connectivity index (χ0) is 19.0. The Morgan fingerprint density at radius 1 is 1.00 bits per heavy atom. The Bertz CT molecular complexity index is 834. The summed E-state index contributed by atoms with van der Waals surface area (Å²) >= 11 is 5.86. The molecule has 0 amide bonds. The normalized spacial score (nSPS) is 12.0. The van der Waals surface area contributed by atoms with Crippen molar-refractivity contribution in [3.8, 4) is 0 Å². The average molecular weight is 395 g/mol. The van der Waals surface area contributed by atoms with Gasteiger partial charge in [-0.3, -0.25) is 4.99 Å². The maximum Gasteiger partial charge on any atom is 0.240 e. The second-order valence-electron chi connectivity index (χ2n) is 5.69. The van der Waals surface area contributed by atoms with Crippen molar-refractivity contribution in [2.75, 3.05) is 20.1 Å². The summed E-state index contributed by atoms with van der Waals surface area (Å²) in [6, 6.07) is 14.2.